The molecular formula is C12H17NO3. The Morgan fingerprint density at radius 2 is 1.88 bits per heavy atom. The van der Waals surface area contributed by atoms with E-state index in [2.05, 4.69) is 5.32 Å². The minimum Gasteiger partial charge on any atom is -0.493 e. The Balaban J connectivity index is 2.93. The molecular weight excluding hydrogens is 206 g/mol. The number of hydrogen-bond donors (Lipinski definition) is 1. The van der Waals surface area contributed by atoms with Crippen molar-refractivity contribution in [2.24, 2.45) is 0 Å². The largest absolute Gasteiger partial charge is 0.493 e. The molecule has 1 amide bonds. The van der Waals surface area contributed by atoms with Crippen LogP contribution in [0.15, 0.2) is 18.2 Å². The quantitative estimate of drug-likeness (QED) is 0.848. The molecule has 0 aliphatic rings. The van der Waals surface area contributed by atoms with Crippen LogP contribution in [0.5, 0.6) is 11.5 Å². The maximum atomic E-state index is 10.9. The lowest BCUT2D eigenvalue weighted by atomic mass is 10.1. The van der Waals surface area contributed by atoms with E-state index in [1.165, 1.54) is 6.92 Å². The molecule has 0 bridgehead atoms. The lowest BCUT2D eigenvalue weighted by Crippen LogP contribution is -2.23. The molecule has 0 heterocycles. The van der Waals surface area contributed by atoms with Crippen molar-refractivity contribution >= 4 is 5.91 Å². The normalized spacial score (nSPS) is 11.8. The number of rotatable bonds is 4. The van der Waals surface area contributed by atoms with Gasteiger partial charge in [0.15, 0.2) is 11.5 Å². The zero-order valence-electron chi connectivity index (χ0n) is 10.0. The van der Waals surface area contributed by atoms with Gasteiger partial charge in [-0.15, -0.1) is 0 Å². The predicted molar refractivity (Wildman–Crippen MR) is 61.8 cm³/mol. The van der Waals surface area contributed by atoms with Gasteiger partial charge in [0.2, 0.25) is 5.91 Å². The molecule has 1 aromatic carbocycles. The van der Waals surface area contributed by atoms with Crippen LogP contribution >= 0.6 is 0 Å². The molecule has 1 rings (SSSR count). The van der Waals surface area contributed by atoms with Gasteiger partial charge in [-0.2, -0.15) is 0 Å². The van der Waals surface area contributed by atoms with E-state index in [0.717, 1.165) is 5.56 Å². The number of hydrogen-bond acceptors (Lipinski definition) is 3. The monoisotopic (exact) mass is 223 g/mol. The van der Waals surface area contributed by atoms with E-state index in [1.54, 1.807) is 14.2 Å². The van der Waals surface area contributed by atoms with Crippen molar-refractivity contribution in [3.8, 4) is 11.5 Å². The third-order valence-electron chi connectivity index (χ3n) is 2.33. The van der Waals surface area contributed by atoms with Crippen LogP contribution in [-0.2, 0) is 4.79 Å². The molecule has 4 heteroatoms. The molecule has 4 nitrogen and oxygen atoms in total. The topological polar surface area (TPSA) is 47.6 Å². The fourth-order valence-electron chi connectivity index (χ4n) is 1.51. The van der Waals surface area contributed by atoms with Gasteiger partial charge in [-0.05, 0) is 24.6 Å². The van der Waals surface area contributed by atoms with E-state index in [9.17, 15) is 4.79 Å². The van der Waals surface area contributed by atoms with E-state index < -0.39 is 0 Å². The fraction of sp³-hybridized carbons (Fsp3) is 0.417. The van der Waals surface area contributed by atoms with Crippen LogP contribution in [0.4, 0.5) is 0 Å². The number of benzene rings is 1. The van der Waals surface area contributed by atoms with Gasteiger partial charge in [0, 0.05) is 6.92 Å². The molecule has 0 saturated heterocycles. The molecule has 0 aliphatic carbocycles. The number of methoxy groups -OCH3 is 2. The first-order valence-corrected chi connectivity index (χ1v) is 5.07. The van der Waals surface area contributed by atoms with Crippen molar-refractivity contribution in [2.75, 3.05) is 14.2 Å². The van der Waals surface area contributed by atoms with Crippen LogP contribution in [0.3, 0.4) is 0 Å². The summed E-state index contributed by atoms with van der Waals surface area (Å²) in [6.45, 7) is 3.42. The van der Waals surface area contributed by atoms with Crippen molar-refractivity contribution in [1.29, 1.82) is 0 Å². The summed E-state index contributed by atoms with van der Waals surface area (Å²) < 4.78 is 10.3. The molecule has 1 N–H and O–H groups in total. The molecule has 0 fully saturated rings. The highest BCUT2D eigenvalue weighted by atomic mass is 16.5. The highest BCUT2D eigenvalue weighted by Gasteiger charge is 2.10. The molecule has 1 atom stereocenters. The lowest BCUT2D eigenvalue weighted by Gasteiger charge is -2.15. The van der Waals surface area contributed by atoms with Gasteiger partial charge in [-0.3, -0.25) is 4.79 Å². The summed E-state index contributed by atoms with van der Waals surface area (Å²) in [5.41, 5.74) is 0.979. The van der Waals surface area contributed by atoms with Crippen molar-refractivity contribution in [3.05, 3.63) is 23.8 Å². The Bertz CT molecular complexity index is 377. The Kier molecular flexibility index (Phi) is 4.17. The first kappa shape index (κ1) is 12.4. The van der Waals surface area contributed by atoms with Crippen molar-refractivity contribution in [2.45, 2.75) is 19.9 Å². The van der Waals surface area contributed by atoms with Crippen molar-refractivity contribution < 1.29 is 14.3 Å². The zero-order chi connectivity index (χ0) is 12.1. The van der Waals surface area contributed by atoms with Crippen LogP contribution in [0, 0.1) is 0 Å². The van der Waals surface area contributed by atoms with Gasteiger partial charge in [-0.1, -0.05) is 6.07 Å². The first-order valence-electron chi connectivity index (χ1n) is 5.07. The van der Waals surface area contributed by atoms with Gasteiger partial charge in [0.25, 0.3) is 0 Å². The Morgan fingerprint density at radius 1 is 1.25 bits per heavy atom. The lowest BCUT2D eigenvalue weighted by molar-refractivity contribution is -0.119. The zero-order valence-corrected chi connectivity index (χ0v) is 10.0. The summed E-state index contributed by atoms with van der Waals surface area (Å²) >= 11 is 0. The molecule has 0 unspecified atom stereocenters. The predicted octanol–water partition coefficient (Wildman–Crippen LogP) is 1.90. The summed E-state index contributed by atoms with van der Waals surface area (Å²) in [5, 5.41) is 2.81. The molecule has 0 aliphatic heterocycles. The number of carbonyl (C=O) groups is 1. The smallest absolute Gasteiger partial charge is 0.217 e. The van der Waals surface area contributed by atoms with Gasteiger partial charge in [0.1, 0.15) is 0 Å². The van der Waals surface area contributed by atoms with Crippen LogP contribution in [-0.4, -0.2) is 20.1 Å². The molecule has 1 aromatic rings. The van der Waals surface area contributed by atoms with Gasteiger partial charge in [0.05, 0.1) is 20.3 Å². The van der Waals surface area contributed by atoms with E-state index in [4.69, 9.17) is 9.47 Å². The Hall–Kier alpha value is -1.71. The van der Waals surface area contributed by atoms with E-state index in [1.807, 2.05) is 25.1 Å². The summed E-state index contributed by atoms with van der Waals surface area (Å²) in [6.07, 6.45) is 0. The van der Waals surface area contributed by atoms with Gasteiger partial charge < -0.3 is 14.8 Å². The van der Waals surface area contributed by atoms with Crippen LogP contribution < -0.4 is 14.8 Å². The highest BCUT2D eigenvalue weighted by molar-refractivity contribution is 5.73. The summed E-state index contributed by atoms with van der Waals surface area (Å²) in [5.74, 6) is 1.29. The third-order valence-corrected chi connectivity index (χ3v) is 2.33. The molecule has 0 radical (unpaired) electrons. The van der Waals surface area contributed by atoms with Crippen molar-refractivity contribution in [3.63, 3.8) is 0 Å². The maximum absolute atomic E-state index is 10.9. The first-order chi connectivity index (χ1) is 7.58. The van der Waals surface area contributed by atoms with E-state index >= 15 is 0 Å². The standard InChI is InChI=1S/C12H17NO3/c1-8(13-9(2)14)10-5-6-11(15-3)12(7-10)16-4/h5-8H,1-4H3,(H,13,14)/t8-/m0/s1. The number of amides is 1. The van der Waals surface area contributed by atoms with Crippen LogP contribution in [0.2, 0.25) is 0 Å². The number of ether oxygens (including phenoxy) is 2. The second kappa shape index (κ2) is 5.39. The molecule has 0 spiro atoms. The van der Waals surface area contributed by atoms with E-state index in [0.29, 0.717) is 11.5 Å². The maximum Gasteiger partial charge on any atom is 0.217 e. The average molecular weight is 223 g/mol. The van der Waals surface area contributed by atoms with E-state index in [-0.39, 0.29) is 11.9 Å². The fourth-order valence-corrected chi connectivity index (χ4v) is 1.51. The number of carbonyl (C=O) groups excluding carboxylic acids is 1. The van der Waals surface area contributed by atoms with Crippen LogP contribution in [0.25, 0.3) is 0 Å². The SMILES string of the molecule is COc1ccc([C@H](C)NC(C)=O)cc1OC. The second-order valence-corrected chi connectivity index (χ2v) is 3.54. The highest BCUT2D eigenvalue weighted by Crippen LogP contribution is 2.29. The number of nitrogens with one attached hydrogen (secondary N) is 1. The van der Waals surface area contributed by atoms with Crippen molar-refractivity contribution in [1.82, 2.24) is 5.32 Å². The molecule has 16 heavy (non-hydrogen) atoms. The summed E-state index contributed by atoms with van der Waals surface area (Å²) in [7, 11) is 3.18. The third kappa shape index (κ3) is 2.89. The minimum atomic E-state index is -0.0534. The van der Waals surface area contributed by atoms with Gasteiger partial charge >= 0.3 is 0 Å². The summed E-state index contributed by atoms with van der Waals surface area (Å²) in [6, 6.07) is 5.55. The Labute approximate surface area is 95.6 Å². The summed E-state index contributed by atoms with van der Waals surface area (Å²) in [4.78, 5) is 10.9. The van der Waals surface area contributed by atoms with Gasteiger partial charge in [-0.25, -0.2) is 0 Å². The average Bonchev–Trinajstić information content (AvgIpc) is 2.27. The minimum absolute atomic E-state index is 0.0442. The Morgan fingerprint density at radius 3 is 2.38 bits per heavy atom. The second-order valence-electron chi connectivity index (χ2n) is 3.54. The van der Waals surface area contributed by atoms with Crippen LogP contribution in [0.1, 0.15) is 25.5 Å². The molecule has 0 aromatic heterocycles. The molecule has 88 valence electrons. The molecule has 0 saturated carbocycles.